The van der Waals surface area contributed by atoms with Crippen LogP contribution in [0.4, 0.5) is 0 Å². The molecule has 14 heavy (non-hydrogen) atoms. The Morgan fingerprint density at radius 2 is 1.64 bits per heavy atom. The van der Waals surface area contributed by atoms with E-state index in [1.807, 2.05) is 0 Å². The minimum Gasteiger partial charge on any atom is -0.394 e. The summed E-state index contributed by atoms with van der Waals surface area (Å²) in [5, 5.41) is 52.3. The van der Waals surface area contributed by atoms with E-state index >= 15 is 0 Å². The van der Waals surface area contributed by atoms with Gasteiger partial charge in [0.25, 0.3) is 5.91 Å². The van der Waals surface area contributed by atoms with Crippen LogP contribution in [0, 0.1) is 0 Å². The van der Waals surface area contributed by atoms with Crippen molar-refractivity contribution in [2.24, 2.45) is 0 Å². The molecule has 0 aromatic rings. The molecule has 0 radical (unpaired) electrons. The lowest BCUT2D eigenvalue weighted by Gasteiger charge is -2.24. The summed E-state index contributed by atoms with van der Waals surface area (Å²) in [4.78, 5) is 10.5. The predicted octanol–water partition coefficient (Wildman–Crippen LogP) is -4.07. The van der Waals surface area contributed by atoms with Crippen LogP contribution in [0.25, 0.3) is 0 Å². The molecule has 0 spiro atoms. The van der Waals surface area contributed by atoms with E-state index in [9.17, 15) is 4.79 Å². The van der Waals surface area contributed by atoms with Gasteiger partial charge in [0, 0.05) is 0 Å². The van der Waals surface area contributed by atoms with Crippen LogP contribution in [0.2, 0.25) is 0 Å². The summed E-state index contributed by atoms with van der Waals surface area (Å²) >= 11 is 0. The standard InChI is InChI=1S/C6H13NO7/c8-1-2(9)3(10)4(11)5(12)6(13)7-14/h2-5,8-12,14H,1H2,(H,7,13)/t2-,3+,4+,5-/m1/s1. The monoisotopic (exact) mass is 211 g/mol. The molecule has 0 unspecified atom stereocenters. The maximum Gasteiger partial charge on any atom is 0.274 e. The first-order valence-corrected chi connectivity index (χ1v) is 3.72. The van der Waals surface area contributed by atoms with Crippen molar-refractivity contribution in [2.75, 3.05) is 6.61 Å². The number of nitrogens with one attached hydrogen (secondary N) is 1. The van der Waals surface area contributed by atoms with E-state index in [0.717, 1.165) is 5.48 Å². The van der Waals surface area contributed by atoms with Crippen LogP contribution in [-0.4, -0.2) is 67.7 Å². The quantitative estimate of drug-likeness (QED) is 0.180. The first-order chi connectivity index (χ1) is 6.45. The maximum atomic E-state index is 10.5. The van der Waals surface area contributed by atoms with Gasteiger partial charge in [0.05, 0.1) is 6.61 Å². The topological polar surface area (TPSA) is 150 Å². The molecule has 0 aliphatic carbocycles. The largest absolute Gasteiger partial charge is 0.394 e. The Labute approximate surface area is 79.0 Å². The normalized spacial score (nSPS) is 19.6. The summed E-state index contributed by atoms with van der Waals surface area (Å²) in [6, 6.07) is 0. The molecule has 1 amide bonds. The van der Waals surface area contributed by atoms with Gasteiger partial charge < -0.3 is 25.5 Å². The highest BCUT2D eigenvalue weighted by Crippen LogP contribution is 2.04. The molecule has 0 aromatic heterocycles. The summed E-state index contributed by atoms with van der Waals surface area (Å²) in [7, 11) is 0. The van der Waals surface area contributed by atoms with Crippen molar-refractivity contribution >= 4 is 5.91 Å². The van der Waals surface area contributed by atoms with Crippen LogP contribution < -0.4 is 5.48 Å². The van der Waals surface area contributed by atoms with Gasteiger partial charge in [0.15, 0.2) is 6.10 Å². The number of amides is 1. The van der Waals surface area contributed by atoms with Crippen LogP contribution in [-0.2, 0) is 4.79 Å². The average molecular weight is 211 g/mol. The minimum absolute atomic E-state index is 0.842. The number of aliphatic hydroxyl groups excluding tert-OH is 5. The summed E-state index contributed by atoms with van der Waals surface area (Å²) in [6.45, 7) is -0.842. The molecule has 0 heterocycles. The van der Waals surface area contributed by atoms with Crippen molar-refractivity contribution in [3.05, 3.63) is 0 Å². The van der Waals surface area contributed by atoms with E-state index in [1.165, 1.54) is 0 Å². The Hall–Kier alpha value is -0.770. The number of rotatable bonds is 5. The Morgan fingerprint density at radius 3 is 2.00 bits per heavy atom. The third-order valence-corrected chi connectivity index (χ3v) is 1.63. The lowest BCUT2D eigenvalue weighted by atomic mass is 10.0. The third kappa shape index (κ3) is 3.18. The van der Waals surface area contributed by atoms with E-state index in [4.69, 9.17) is 30.7 Å². The molecule has 0 aromatic carbocycles. The number of aliphatic hydroxyl groups is 5. The summed E-state index contributed by atoms with van der Waals surface area (Å²) in [5.74, 6) is -1.33. The van der Waals surface area contributed by atoms with Crippen molar-refractivity contribution < 1.29 is 35.5 Å². The van der Waals surface area contributed by atoms with Gasteiger partial charge in [-0.05, 0) is 0 Å². The molecule has 0 rings (SSSR count). The predicted molar refractivity (Wildman–Crippen MR) is 41.0 cm³/mol. The fraction of sp³-hybridized carbons (Fsp3) is 0.833. The molecule has 0 bridgehead atoms. The van der Waals surface area contributed by atoms with Crippen LogP contribution in [0.1, 0.15) is 0 Å². The molecule has 8 nitrogen and oxygen atoms in total. The van der Waals surface area contributed by atoms with Gasteiger partial charge in [-0.2, -0.15) is 0 Å². The van der Waals surface area contributed by atoms with Gasteiger partial charge in [-0.3, -0.25) is 10.0 Å². The summed E-state index contributed by atoms with van der Waals surface area (Å²) < 4.78 is 0. The first kappa shape index (κ1) is 13.2. The zero-order valence-electron chi connectivity index (χ0n) is 7.11. The molecule has 7 N–H and O–H groups in total. The van der Waals surface area contributed by atoms with E-state index in [2.05, 4.69) is 0 Å². The van der Waals surface area contributed by atoms with Crippen molar-refractivity contribution in [3.8, 4) is 0 Å². The Kier molecular flexibility index (Phi) is 5.53. The van der Waals surface area contributed by atoms with Crippen molar-refractivity contribution in [1.29, 1.82) is 0 Å². The van der Waals surface area contributed by atoms with Crippen LogP contribution in [0.15, 0.2) is 0 Å². The number of carbonyl (C=O) groups excluding carboxylic acids is 1. The highest BCUT2D eigenvalue weighted by molar-refractivity contribution is 5.79. The fourth-order valence-corrected chi connectivity index (χ4v) is 0.744. The van der Waals surface area contributed by atoms with Gasteiger partial charge in [-0.15, -0.1) is 0 Å². The van der Waals surface area contributed by atoms with Crippen LogP contribution in [0.3, 0.4) is 0 Å². The molecule has 84 valence electrons. The van der Waals surface area contributed by atoms with E-state index in [-0.39, 0.29) is 0 Å². The number of carbonyl (C=O) groups is 1. The average Bonchev–Trinajstić information content (AvgIpc) is 2.23. The zero-order valence-corrected chi connectivity index (χ0v) is 7.11. The SMILES string of the molecule is O=C(NO)[C@H](O)[C@@H](O)[C@@H](O)[C@H](O)CO. The summed E-state index contributed by atoms with van der Waals surface area (Å²) in [6.07, 6.45) is -7.70. The second-order valence-corrected chi connectivity index (χ2v) is 2.65. The second kappa shape index (κ2) is 5.86. The van der Waals surface area contributed by atoms with E-state index in [1.54, 1.807) is 0 Å². The lowest BCUT2D eigenvalue weighted by molar-refractivity contribution is -0.156. The van der Waals surface area contributed by atoms with Crippen molar-refractivity contribution in [1.82, 2.24) is 5.48 Å². The maximum absolute atomic E-state index is 10.5. The molecule has 0 saturated carbocycles. The minimum atomic E-state index is -2.10. The molecule has 4 atom stereocenters. The van der Waals surface area contributed by atoms with Gasteiger partial charge in [0.2, 0.25) is 0 Å². The first-order valence-electron chi connectivity index (χ1n) is 3.72. The molecular weight excluding hydrogens is 198 g/mol. The second-order valence-electron chi connectivity index (χ2n) is 2.65. The summed E-state index contributed by atoms with van der Waals surface area (Å²) in [5.41, 5.74) is 1.05. The van der Waals surface area contributed by atoms with Gasteiger partial charge in [-0.25, -0.2) is 5.48 Å². The van der Waals surface area contributed by atoms with Gasteiger partial charge >= 0.3 is 0 Å². The van der Waals surface area contributed by atoms with Gasteiger partial charge in [0.1, 0.15) is 18.3 Å². The fourth-order valence-electron chi connectivity index (χ4n) is 0.744. The van der Waals surface area contributed by atoms with E-state index in [0.29, 0.717) is 0 Å². The lowest BCUT2D eigenvalue weighted by Crippen LogP contribution is -2.51. The smallest absolute Gasteiger partial charge is 0.274 e. The highest BCUT2D eigenvalue weighted by Gasteiger charge is 2.33. The molecular formula is C6H13NO7. The highest BCUT2D eigenvalue weighted by atomic mass is 16.5. The van der Waals surface area contributed by atoms with Crippen molar-refractivity contribution in [2.45, 2.75) is 24.4 Å². The van der Waals surface area contributed by atoms with Gasteiger partial charge in [-0.1, -0.05) is 0 Å². The molecule has 0 aliphatic heterocycles. The Balaban J connectivity index is 4.30. The Bertz CT molecular complexity index is 187. The Morgan fingerprint density at radius 1 is 1.14 bits per heavy atom. The molecule has 0 fully saturated rings. The molecule has 0 aliphatic rings. The number of hydrogen-bond acceptors (Lipinski definition) is 7. The van der Waals surface area contributed by atoms with Crippen molar-refractivity contribution in [3.63, 3.8) is 0 Å². The number of hydrogen-bond donors (Lipinski definition) is 7. The number of hydroxylamine groups is 1. The molecule has 8 heteroatoms. The zero-order chi connectivity index (χ0) is 11.3. The van der Waals surface area contributed by atoms with Crippen LogP contribution >= 0.6 is 0 Å². The molecule has 0 saturated heterocycles. The van der Waals surface area contributed by atoms with E-state index < -0.39 is 36.9 Å². The third-order valence-electron chi connectivity index (χ3n) is 1.63. The van der Waals surface area contributed by atoms with Crippen LogP contribution in [0.5, 0.6) is 0 Å².